The van der Waals surface area contributed by atoms with Crippen LogP contribution in [0.5, 0.6) is 11.5 Å². The van der Waals surface area contributed by atoms with Crippen molar-refractivity contribution in [2.75, 3.05) is 38.7 Å². The van der Waals surface area contributed by atoms with Crippen LogP contribution in [0, 0.1) is 0 Å². The lowest BCUT2D eigenvalue weighted by Crippen LogP contribution is -2.48. The van der Waals surface area contributed by atoms with Crippen LogP contribution in [0.15, 0.2) is 66.7 Å². The maximum absolute atomic E-state index is 13.2. The standard InChI is InChI=1S/C29H28ClN3O4S/c30-24-8-1-20(2-9-24)17-33-27(34)18-38-29(33)23-6-4-22(5-7-23)28(35)32-13-11-31(12-14-32)16-21-3-10-25-26(15-21)37-19-36-25/h1-10,15,29H,11-14,16-19H2/t29-/m0/s1. The van der Waals surface area contributed by atoms with Crippen molar-refractivity contribution >= 4 is 35.2 Å². The molecule has 0 bridgehead atoms. The number of hydrogen-bond donors (Lipinski definition) is 0. The Bertz CT molecular complexity index is 1330. The fourth-order valence-corrected chi connectivity index (χ4v) is 6.38. The lowest BCUT2D eigenvalue weighted by molar-refractivity contribution is -0.128. The molecule has 6 rings (SSSR count). The maximum Gasteiger partial charge on any atom is 0.253 e. The third-order valence-electron chi connectivity index (χ3n) is 7.18. The Hall–Kier alpha value is -3.20. The lowest BCUT2D eigenvalue weighted by atomic mass is 10.1. The number of carbonyl (C=O) groups excluding carboxylic acids is 2. The molecule has 3 aliphatic heterocycles. The Morgan fingerprint density at radius 1 is 0.868 bits per heavy atom. The highest BCUT2D eigenvalue weighted by Gasteiger charge is 2.33. The number of thioether (sulfide) groups is 1. The smallest absolute Gasteiger partial charge is 0.253 e. The van der Waals surface area contributed by atoms with Gasteiger partial charge in [-0.1, -0.05) is 41.9 Å². The first kappa shape index (κ1) is 25.1. The molecule has 196 valence electrons. The van der Waals surface area contributed by atoms with Gasteiger partial charge in [0.25, 0.3) is 5.91 Å². The van der Waals surface area contributed by atoms with Crippen LogP contribution in [0.2, 0.25) is 5.02 Å². The molecule has 0 spiro atoms. The Labute approximate surface area is 231 Å². The van der Waals surface area contributed by atoms with Gasteiger partial charge >= 0.3 is 0 Å². The van der Waals surface area contributed by atoms with Crippen molar-refractivity contribution in [2.24, 2.45) is 0 Å². The molecular weight excluding hydrogens is 522 g/mol. The van der Waals surface area contributed by atoms with E-state index >= 15 is 0 Å². The third kappa shape index (κ3) is 5.34. The molecule has 0 aromatic heterocycles. The topological polar surface area (TPSA) is 62.3 Å². The Morgan fingerprint density at radius 3 is 2.34 bits per heavy atom. The average molecular weight is 550 g/mol. The summed E-state index contributed by atoms with van der Waals surface area (Å²) in [4.78, 5) is 32.0. The number of fused-ring (bicyclic) bond motifs is 1. The van der Waals surface area contributed by atoms with Crippen LogP contribution in [-0.2, 0) is 17.9 Å². The largest absolute Gasteiger partial charge is 0.454 e. The van der Waals surface area contributed by atoms with E-state index in [1.54, 1.807) is 11.8 Å². The molecule has 0 aliphatic carbocycles. The zero-order chi connectivity index (χ0) is 26.1. The first-order valence-electron chi connectivity index (χ1n) is 12.7. The van der Waals surface area contributed by atoms with Crippen LogP contribution in [0.4, 0.5) is 0 Å². The summed E-state index contributed by atoms with van der Waals surface area (Å²) in [5.41, 5.74) is 3.93. The van der Waals surface area contributed by atoms with Crippen molar-refractivity contribution in [3.8, 4) is 11.5 Å². The molecule has 1 atom stereocenters. The molecule has 3 heterocycles. The summed E-state index contributed by atoms with van der Waals surface area (Å²) in [5, 5.41) is 0.612. The van der Waals surface area contributed by atoms with Gasteiger partial charge in [0, 0.05) is 49.9 Å². The molecule has 3 aromatic rings. The zero-order valence-corrected chi connectivity index (χ0v) is 22.4. The lowest BCUT2D eigenvalue weighted by Gasteiger charge is -2.35. The number of halogens is 1. The molecule has 0 N–H and O–H groups in total. The fourth-order valence-electron chi connectivity index (χ4n) is 5.07. The van der Waals surface area contributed by atoms with Crippen LogP contribution in [0.3, 0.4) is 0 Å². The molecule has 3 aliphatic rings. The SMILES string of the molecule is O=C(c1ccc([C@@H]2SCC(=O)N2Cc2ccc(Cl)cc2)cc1)N1CCN(Cc2ccc3c(c2)OCO3)CC1. The molecular formula is C29H28ClN3O4S. The number of piperazine rings is 1. The van der Waals surface area contributed by atoms with E-state index in [1.165, 1.54) is 5.56 Å². The van der Waals surface area contributed by atoms with Gasteiger partial charge in [0.1, 0.15) is 5.37 Å². The average Bonchev–Trinajstić information content (AvgIpc) is 3.56. The number of benzene rings is 3. The number of nitrogens with zero attached hydrogens (tertiary/aromatic N) is 3. The summed E-state index contributed by atoms with van der Waals surface area (Å²) >= 11 is 7.63. The highest BCUT2D eigenvalue weighted by Crippen LogP contribution is 2.39. The Kier molecular flexibility index (Phi) is 7.19. The van der Waals surface area contributed by atoms with Crippen molar-refractivity contribution in [3.63, 3.8) is 0 Å². The normalized spacial score (nSPS) is 19.3. The molecule has 7 nitrogen and oxygen atoms in total. The second kappa shape index (κ2) is 10.9. The van der Waals surface area contributed by atoms with Crippen molar-refractivity contribution in [1.82, 2.24) is 14.7 Å². The van der Waals surface area contributed by atoms with Gasteiger partial charge in [0.05, 0.1) is 5.75 Å². The minimum absolute atomic E-state index is 0.0486. The van der Waals surface area contributed by atoms with Gasteiger partial charge in [-0.15, -0.1) is 11.8 Å². The summed E-state index contributed by atoms with van der Waals surface area (Å²) in [6.07, 6.45) is 0. The summed E-state index contributed by atoms with van der Waals surface area (Å²) < 4.78 is 10.9. The number of carbonyl (C=O) groups is 2. The second-order valence-corrected chi connectivity index (χ2v) is 11.2. The third-order valence-corrected chi connectivity index (χ3v) is 8.69. The van der Waals surface area contributed by atoms with E-state index in [0.29, 0.717) is 36.0 Å². The fraction of sp³-hybridized carbons (Fsp3) is 0.310. The van der Waals surface area contributed by atoms with Crippen LogP contribution >= 0.6 is 23.4 Å². The van der Waals surface area contributed by atoms with Crippen LogP contribution < -0.4 is 9.47 Å². The molecule has 3 aromatic carbocycles. The molecule has 0 radical (unpaired) electrons. The molecule has 9 heteroatoms. The molecule has 2 amide bonds. The summed E-state index contributed by atoms with van der Waals surface area (Å²) in [5.74, 6) is 2.21. The highest BCUT2D eigenvalue weighted by atomic mass is 35.5. The molecule has 2 fully saturated rings. The maximum atomic E-state index is 13.2. The van der Waals surface area contributed by atoms with Crippen LogP contribution in [-0.4, -0.2) is 65.2 Å². The van der Waals surface area contributed by atoms with Crippen molar-refractivity contribution in [1.29, 1.82) is 0 Å². The van der Waals surface area contributed by atoms with Crippen LogP contribution in [0.1, 0.15) is 32.4 Å². The molecule has 0 saturated carbocycles. The Morgan fingerprint density at radius 2 is 1.58 bits per heavy atom. The molecule has 38 heavy (non-hydrogen) atoms. The molecule has 0 unspecified atom stereocenters. The van der Waals surface area contributed by atoms with E-state index < -0.39 is 0 Å². The van der Waals surface area contributed by atoms with Gasteiger partial charge in [-0.25, -0.2) is 0 Å². The molecule has 2 saturated heterocycles. The number of rotatable bonds is 6. The number of ether oxygens (including phenoxy) is 2. The highest BCUT2D eigenvalue weighted by molar-refractivity contribution is 8.00. The summed E-state index contributed by atoms with van der Waals surface area (Å²) in [7, 11) is 0. The van der Waals surface area contributed by atoms with Gasteiger partial charge < -0.3 is 19.3 Å². The monoisotopic (exact) mass is 549 g/mol. The van der Waals surface area contributed by atoms with Gasteiger partial charge in [-0.2, -0.15) is 0 Å². The summed E-state index contributed by atoms with van der Waals surface area (Å²) in [6.45, 7) is 4.64. The minimum atomic E-state index is -0.0675. The first-order valence-corrected chi connectivity index (χ1v) is 14.1. The summed E-state index contributed by atoms with van der Waals surface area (Å²) in [6, 6.07) is 21.4. The quantitative estimate of drug-likeness (QED) is 0.440. The van der Waals surface area contributed by atoms with Gasteiger partial charge in [0.2, 0.25) is 12.7 Å². The van der Waals surface area contributed by atoms with E-state index in [1.807, 2.05) is 70.5 Å². The van der Waals surface area contributed by atoms with E-state index in [4.69, 9.17) is 21.1 Å². The second-order valence-electron chi connectivity index (χ2n) is 9.69. The first-order chi connectivity index (χ1) is 18.5. The van der Waals surface area contributed by atoms with Crippen molar-refractivity contribution < 1.29 is 19.1 Å². The zero-order valence-electron chi connectivity index (χ0n) is 20.8. The predicted molar refractivity (Wildman–Crippen MR) is 147 cm³/mol. The van der Waals surface area contributed by atoms with E-state index in [-0.39, 0.29) is 24.0 Å². The number of hydrogen-bond acceptors (Lipinski definition) is 6. The van der Waals surface area contributed by atoms with Crippen molar-refractivity contribution in [3.05, 3.63) is 94.0 Å². The van der Waals surface area contributed by atoms with Gasteiger partial charge in [-0.05, 0) is 53.1 Å². The number of amides is 2. The van der Waals surface area contributed by atoms with Gasteiger partial charge in [0.15, 0.2) is 11.5 Å². The van der Waals surface area contributed by atoms with Crippen LogP contribution in [0.25, 0.3) is 0 Å². The van der Waals surface area contributed by atoms with Crippen molar-refractivity contribution in [2.45, 2.75) is 18.5 Å². The van der Waals surface area contributed by atoms with E-state index in [9.17, 15) is 9.59 Å². The minimum Gasteiger partial charge on any atom is -0.454 e. The van der Waals surface area contributed by atoms with E-state index in [2.05, 4.69) is 11.0 Å². The predicted octanol–water partition coefficient (Wildman–Crippen LogP) is 4.80. The Balaban J connectivity index is 1.05. The van der Waals surface area contributed by atoms with E-state index in [0.717, 1.165) is 42.3 Å². The van der Waals surface area contributed by atoms with Gasteiger partial charge in [-0.3, -0.25) is 14.5 Å².